The Morgan fingerprint density at radius 1 is 1.35 bits per heavy atom. The number of ether oxygens (including phenoxy) is 1. The van der Waals surface area contributed by atoms with Gasteiger partial charge in [0.05, 0.1) is 25.9 Å². The van der Waals surface area contributed by atoms with Crippen LogP contribution in [0.2, 0.25) is 0 Å². The van der Waals surface area contributed by atoms with Gasteiger partial charge in [0.1, 0.15) is 0 Å². The van der Waals surface area contributed by atoms with Gasteiger partial charge in [-0.3, -0.25) is 4.79 Å². The lowest BCUT2D eigenvalue weighted by molar-refractivity contribution is -0.134. The number of nitrogens with zero attached hydrogens (tertiary/aromatic N) is 1. The molecule has 2 rings (SSSR count). The maximum absolute atomic E-state index is 11.8. The van der Waals surface area contributed by atoms with Crippen molar-refractivity contribution in [1.82, 2.24) is 10.2 Å². The number of nitrogens with one attached hydrogen (secondary N) is 1. The molecule has 5 heteroatoms. The van der Waals surface area contributed by atoms with Crippen LogP contribution in [0.25, 0.3) is 0 Å². The van der Waals surface area contributed by atoms with E-state index in [4.69, 9.17) is 4.74 Å². The van der Waals surface area contributed by atoms with Gasteiger partial charge < -0.3 is 20.1 Å². The van der Waals surface area contributed by atoms with Crippen LogP contribution in [0.4, 0.5) is 0 Å². The van der Waals surface area contributed by atoms with Gasteiger partial charge in [0.2, 0.25) is 5.91 Å². The van der Waals surface area contributed by atoms with Crippen LogP contribution in [0.1, 0.15) is 19.3 Å². The first kappa shape index (κ1) is 12.8. The van der Waals surface area contributed by atoms with Crippen LogP contribution >= 0.6 is 0 Å². The quantitative estimate of drug-likeness (QED) is 0.704. The Balaban J connectivity index is 1.59. The summed E-state index contributed by atoms with van der Waals surface area (Å²) in [6.45, 7) is 3.98. The van der Waals surface area contributed by atoms with Crippen molar-refractivity contribution in [2.24, 2.45) is 5.92 Å². The molecule has 1 aliphatic carbocycles. The fourth-order valence-electron chi connectivity index (χ4n) is 2.54. The monoisotopic (exact) mass is 242 g/mol. The van der Waals surface area contributed by atoms with Crippen LogP contribution < -0.4 is 5.32 Å². The third-order valence-corrected chi connectivity index (χ3v) is 3.59. The van der Waals surface area contributed by atoms with E-state index in [1.54, 1.807) is 0 Å². The Morgan fingerprint density at radius 3 is 2.76 bits per heavy atom. The molecule has 98 valence electrons. The zero-order valence-corrected chi connectivity index (χ0v) is 10.2. The first-order valence-corrected chi connectivity index (χ1v) is 6.50. The second kappa shape index (κ2) is 6.33. The van der Waals surface area contributed by atoms with Crippen LogP contribution in [-0.2, 0) is 9.53 Å². The molecule has 0 spiro atoms. The summed E-state index contributed by atoms with van der Waals surface area (Å²) in [4.78, 5) is 13.6. The predicted molar refractivity (Wildman–Crippen MR) is 63.6 cm³/mol. The lowest BCUT2D eigenvalue weighted by Crippen LogP contribution is -2.45. The second-order valence-electron chi connectivity index (χ2n) is 4.96. The lowest BCUT2D eigenvalue weighted by atomic mass is 10.1. The minimum absolute atomic E-state index is 0.128. The molecule has 1 saturated carbocycles. The molecule has 1 heterocycles. The molecule has 0 bridgehead atoms. The van der Waals surface area contributed by atoms with Gasteiger partial charge in [-0.2, -0.15) is 0 Å². The lowest BCUT2D eigenvalue weighted by Gasteiger charge is -2.27. The second-order valence-corrected chi connectivity index (χ2v) is 4.96. The third kappa shape index (κ3) is 3.94. The average molecular weight is 242 g/mol. The van der Waals surface area contributed by atoms with Crippen molar-refractivity contribution < 1.29 is 14.6 Å². The topological polar surface area (TPSA) is 61.8 Å². The van der Waals surface area contributed by atoms with Crippen LogP contribution in [0.15, 0.2) is 0 Å². The number of aliphatic hydroxyl groups excluding tert-OH is 1. The number of hydrogen-bond donors (Lipinski definition) is 2. The summed E-state index contributed by atoms with van der Waals surface area (Å²) < 4.78 is 5.21. The highest BCUT2D eigenvalue weighted by Crippen LogP contribution is 2.24. The fraction of sp³-hybridized carbons (Fsp3) is 0.917. The molecule has 2 fully saturated rings. The number of morpholine rings is 1. The molecule has 5 nitrogen and oxygen atoms in total. The third-order valence-electron chi connectivity index (χ3n) is 3.59. The molecule has 0 aromatic rings. The maximum Gasteiger partial charge on any atom is 0.236 e. The van der Waals surface area contributed by atoms with Gasteiger partial charge in [-0.1, -0.05) is 0 Å². The molecule has 2 aliphatic rings. The van der Waals surface area contributed by atoms with E-state index in [1.807, 2.05) is 4.90 Å². The van der Waals surface area contributed by atoms with Crippen molar-refractivity contribution in [3.63, 3.8) is 0 Å². The summed E-state index contributed by atoms with van der Waals surface area (Å²) in [5.74, 6) is 0.689. The molecule has 2 N–H and O–H groups in total. The summed E-state index contributed by atoms with van der Waals surface area (Å²) in [6, 6.07) is 0. The Bertz CT molecular complexity index is 254. The van der Waals surface area contributed by atoms with E-state index in [1.165, 1.54) is 0 Å². The van der Waals surface area contributed by atoms with E-state index in [0.717, 1.165) is 25.8 Å². The molecule has 1 amide bonds. The number of carbonyl (C=O) groups is 1. The summed E-state index contributed by atoms with van der Waals surface area (Å²) in [6.07, 6.45) is 2.72. The Hall–Kier alpha value is -0.650. The van der Waals surface area contributed by atoms with Gasteiger partial charge in [-0.25, -0.2) is 0 Å². The van der Waals surface area contributed by atoms with Crippen LogP contribution in [0.5, 0.6) is 0 Å². The van der Waals surface area contributed by atoms with E-state index in [0.29, 0.717) is 38.8 Å². The first-order valence-electron chi connectivity index (χ1n) is 6.50. The molecule has 0 radical (unpaired) electrons. The fourth-order valence-corrected chi connectivity index (χ4v) is 2.54. The van der Waals surface area contributed by atoms with E-state index in [2.05, 4.69) is 5.32 Å². The molecule has 2 unspecified atom stereocenters. The number of rotatable bonds is 4. The van der Waals surface area contributed by atoms with Gasteiger partial charge in [0.15, 0.2) is 0 Å². The Morgan fingerprint density at radius 2 is 2.12 bits per heavy atom. The molecule has 0 aromatic carbocycles. The smallest absolute Gasteiger partial charge is 0.236 e. The number of carbonyl (C=O) groups excluding carboxylic acids is 1. The highest BCUT2D eigenvalue weighted by atomic mass is 16.5. The minimum atomic E-state index is -0.128. The number of hydrogen-bond acceptors (Lipinski definition) is 4. The van der Waals surface area contributed by atoms with Crippen molar-refractivity contribution in [2.45, 2.75) is 25.4 Å². The van der Waals surface area contributed by atoms with Crippen LogP contribution in [-0.4, -0.2) is 61.4 Å². The summed E-state index contributed by atoms with van der Waals surface area (Å²) >= 11 is 0. The summed E-state index contributed by atoms with van der Waals surface area (Å²) in [5, 5.41) is 12.6. The van der Waals surface area contributed by atoms with Crippen LogP contribution in [0.3, 0.4) is 0 Å². The molecule has 1 saturated heterocycles. The SMILES string of the molecule is O=C(CNCC1CCC(O)C1)N1CCOCC1. The van der Waals surface area contributed by atoms with Crippen molar-refractivity contribution in [2.75, 3.05) is 39.4 Å². The molecule has 1 aliphatic heterocycles. The number of aliphatic hydroxyl groups is 1. The normalized spacial score (nSPS) is 29.6. The standard InChI is InChI=1S/C12H22N2O3/c15-11-2-1-10(7-11)8-13-9-12(16)14-3-5-17-6-4-14/h10-11,13,15H,1-9H2. The van der Waals surface area contributed by atoms with E-state index in [-0.39, 0.29) is 12.0 Å². The van der Waals surface area contributed by atoms with Crippen molar-refractivity contribution in [1.29, 1.82) is 0 Å². The van der Waals surface area contributed by atoms with Gasteiger partial charge in [0, 0.05) is 13.1 Å². The van der Waals surface area contributed by atoms with Crippen molar-refractivity contribution >= 4 is 5.91 Å². The zero-order chi connectivity index (χ0) is 12.1. The molecular formula is C12H22N2O3. The predicted octanol–water partition coefficient (Wildman–Crippen LogP) is -0.404. The highest BCUT2D eigenvalue weighted by Gasteiger charge is 2.23. The highest BCUT2D eigenvalue weighted by molar-refractivity contribution is 5.78. The van der Waals surface area contributed by atoms with E-state index < -0.39 is 0 Å². The minimum Gasteiger partial charge on any atom is -0.393 e. The average Bonchev–Trinajstić information content (AvgIpc) is 2.76. The molecule has 17 heavy (non-hydrogen) atoms. The first-order chi connectivity index (χ1) is 8.25. The number of amides is 1. The van der Waals surface area contributed by atoms with Gasteiger partial charge in [-0.05, 0) is 31.7 Å². The maximum atomic E-state index is 11.8. The summed E-state index contributed by atoms with van der Waals surface area (Å²) in [5.41, 5.74) is 0. The van der Waals surface area contributed by atoms with Gasteiger partial charge in [0.25, 0.3) is 0 Å². The zero-order valence-electron chi connectivity index (χ0n) is 10.2. The van der Waals surface area contributed by atoms with Crippen LogP contribution in [0, 0.1) is 5.92 Å². The van der Waals surface area contributed by atoms with E-state index in [9.17, 15) is 9.90 Å². The van der Waals surface area contributed by atoms with E-state index >= 15 is 0 Å². The molecular weight excluding hydrogens is 220 g/mol. The molecule has 2 atom stereocenters. The van der Waals surface area contributed by atoms with Crippen molar-refractivity contribution in [3.05, 3.63) is 0 Å². The Kier molecular flexibility index (Phi) is 4.76. The summed E-state index contributed by atoms with van der Waals surface area (Å²) in [7, 11) is 0. The van der Waals surface area contributed by atoms with Gasteiger partial charge in [-0.15, -0.1) is 0 Å². The Labute approximate surface area is 102 Å². The molecule has 0 aromatic heterocycles. The van der Waals surface area contributed by atoms with Crippen molar-refractivity contribution in [3.8, 4) is 0 Å². The van der Waals surface area contributed by atoms with Gasteiger partial charge >= 0.3 is 0 Å². The largest absolute Gasteiger partial charge is 0.393 e.